The molecule has 1 N–H and O–H groups in total. The first-order chi connectivity index (χ1) is 8.79. The number of hydrogen-bond acceptors (Lipinski definition) is 2. The molecule has 0 aliphatic heterocycles. The van der Waals surface area contributed by atoms with Crippen LogP contribution in [0.15, 0.2) is 57.4 Å². The van der Waals surface area contributed by atoms with Crippen molar-refractivity contribution in [2.45, 2.75) is 6.61 Å². The van der Waals surface area contributed by atoms with E-state index in [9.17, 15) is 5.11 Å². The molecular weight excluding hydrogens is 292 g/mol. The van der Waals surface area contributed by atoms with Gasteiger partial charge in [0.1, 0.15) is 18.0 Å². The Balaban J connectivity index is 2.35. The van der Waals surface area contributed by atoms with E-state index in [0.29, 0.717) is 5.76 Å². The summed E-state index contributed by atoms with van der Waals surface area (Å²) < 4.78 is 6.68. The molecule has 0 aliphatic carbocycles. The van der Waals surface area contributed by atoms with Crippen LogP contribution < -0.4 is 0 Å². The van der Waals surface area contributed by atoms with Gasteiger partial charge in [0.05, 0.1) is 0 Å². The van der Waals surface area contributed by atoms with E-state index in [-0.39, 0.29) is 6.61 Å². The normalized spacial score (nSPS) is 11.0. The van der Waals surface area contributed by atoms with Gasteiger partial charge in [0.25, 0.3) is 0 Å². The molecule has 0 aliphatic rings. The molecule has 0 atom stereocenters. The highest BCUT2D eigenvalue weighted by molar-refractivity contribution is 9.10. The highest BCUT2D eigenvalue weighted by Gasteiger charge is 2.15. The number of aliphatic hydroxyl groups is 1. The number of halogens is 1. The molecule has 90 valence electrons. The number of aliphatic hydroxyl groups excluding tert-OH is 1. The fourth-order valence-corrected chi connectivity index (χ4v) is 2.51. The molecule has 18 heavy (non-hydrogen) atoms. The van der Waals surface area contributed by atoms with Crippen molar-refractivity contribution < 1.29 is 9.52 Å². The van der Waals surface area contributed by atoms with Crippen LogP contribution in [0.1, 0.15) is 5.76 Å². The summed E-state index contributed by atoms with van der Waals surface area (Å²) in [6.45, 7) is -0.101. The number of furan rings is 1. The summed E-state index contributed by atoms with van der Waals surface area (Å²) in [5.41, 5.74) is 2.81. The van der Waals surface area contributed by atoms with Crippen molar-refractivity contribution in [3.05, 3.63) is 58.8 Å². The topological polar surface area (TPSA) is 33.4 Å². The predicted octanol–water partition coefficient (Wildman–Crippen LogP) is 4.35. The summed E-state index contributed by atoms with van der Waals surface area (Å²) in [5, 5.41) is 10.5. The maximum Gasteiger partial charge on any atom is 0.138 e. The van der Waals surface area contributed by atoms with Gasteiger partial charge in [-0.1, -0.05) is 46.3 Å². The Morgan fingerprint density at radius 3 is 2.56 bits per heavy atom. The van der Waals surface area contributed by atoms with Crippen LogP contribution in [-0.2, 0) is 6.61 Å². The third-order valence-corrected chi connectivity index (χ3v) is 3.42. The van der Waals surface area contributed by atoms with Crippen molar-refractivity contribution in [1.82, 2.24) is 0 Å². The van der Waals surface area contributed by atoms with Gasteiger partial charge in [-0.15, -0.1) is 0 Å². The monoisotopic (exact) mass is 302 g/mol. The zero-order valence-electron chi connectivity index (χ0n) is 9.56. The van der Waals surface area contributed by atoms with Crippen LogP contribution in [-0.4, -0.2) is 5.11 Å². The van der Waals surface area contributed by atoms with Gasteiger partial charge < -0.3 is 9.52 Å². The van der Waals surface area contributed by atoms with E-state index in [4.69, 9.17) is 4.42 Å². The summed E-state index contributed by atoms with van der Waals surface area (Å²) >= 11 is 3.47. The predicted molar refractivity (Wildman–Crippen MR) is 75.3 cm³/mol. The summed E-state index contributed by atoms with van der Waals surface area (Å²) in [7, 11) is 0. The number of fused-ring (bicyclic) bond motifs is 1. The lowest BCUT2D eigenvalue weighted by Crippen LogP contribution is -1.83. The van der Waals surface area contributed by atoms with Crippen LogP contribution in [0.25, 0.3) is 22.1 Å². The van der Waals surface area contributed by atoms with Gasteiger partial charge in [0, 0.05) is 15.4 Å². The quantitative estimate of drug-likeness (QED) is 0.763. The standard InChI is InChI=1S/C15H11BrO2/c16-11-6-7-13-12(8-11)15(14(9-17)18-13)10-4-2-1-3-5-10/h1-8,17H,9H2. The lowest BCUT2D eigenvalue weighted by Gasteiger charge is -2.01. The zero-order valence-corrected chi connectivity index (χ0v) is 11.1. The van der Waals surface area contributed by atoms with Crippen molar-refractivity contribution in [2.24, 2.45) is 0 Å². The second-order valence-electron chi connectivity index (χ2n) is 4.06. The van der Waals surface area contributed by atoms with Crippen molar-refractivity contribution >= 4 is 26.9 Å². The van der Waals surface area contributed by atoms with E-state index in [1.165, 1.54) is 0 Å². The maximum atomic E-state index is 9.44. The molecule has 0 unspecified atom stereocenters. The molecule has 0 saturated carbocycles. The molecule has 2 nitrogen and oxygen atoms in total. The van der Waals surface area contributed by atoms with E-state index in [0.717, 1.165) is 26.6 Å². The third kappa shape index (κ3) is 1.85. The van der Waals surface area contributed by atoms with Crippen LogP contribution in [0.4, 0.5) is 0 Å². The highest BCUT2D eigenvalue weighted by Crippen LogP contribution is 2.36. The first kappa shape index (κ1) is 11.5. The lowest BCUT2D eigenvalue weighted by atomic mass is 10.0. The van der Waals surface area contributed by atoms with E-state index in [1.807, 2.05) is 48.5 Å². The molecule has 2 aromatic carbocycles. The molecule has 3 aromatic rings. The zero-order chi connectivity index (χ0) is 12.5. The van der Waals surface area contributed by atoms with Crippen molar-refractivity contribution in [3.8, 4) is 11.1 Å². The Morgan fingerprint density at radius 1 is 1.06 bits per heavy atom. The largest absolute Gasteiger partial charge is 0.458 e. The summed E-state index contributed by atoms with van der Waals surface area (Å²) in [4.78, 5) is 0. The van der Waals surface area contributed by atoms with E-state index >= 15 is 0 Å². The molecule has 1 heterocycles. The van der Waals surface area contributed by atoms with Gasteiger partial charge in [-0.3, -0.25) is 0 Å². The number of hydrogen-bond donors (Lipinski definition) is 1. The van der Waals surface area contributed by atoms with E-state index < -0.39 is 0 Å². The summed E-state index contributed by atoms with van der Waals surface area (Å²) in [6.07, 6.45) is 0. The molecule has 3 heteroatoms. The van der Waals surface area contributed by atoms with Crippen LogP contribution in [0, 0.1) is 0 Å². The minimum Gasteiger partial charge on any atom is -0.458 e. The molecule has 3 rings (SSSR count). The molecule has 0 fully saturated rings. The fourth-order valence-electron chi connectivity index (χ4n) is 2.15. The van der Waals surface area contributed by atoms with Gasteiger partial charge in [0.15, 0.2) is 0 Å². The Morgan fingerprint density at radius 2 is 1.83 bits per heavy atom. The molecule has 0 saturated heterocycles. The van der Waals surface area contributed by atoms with Crippen molar-refractivity contribution in [2.75, 3.05) is 0 Å². The van der Waals surface area contributed by atoms with Crippen LogP contribution in [0.5, 0.6) is 0 Å². The van der Waals surface area contributed by atoms with Crippen molar-refractivity contribution in [1.29, 1.82) is 0 Å². The van der Waals surface area contributed by atoms with Crippen LogP contribution in [0.3, 0.4) is 0 Å². The van der Waals surface area contributed by atoms with E-state index in [1.54, 1.807) is 0 Å². The SMILES string of the molecule is OCc1oc2ccc(Br)cc2c1-c1ccccc1. The lowest BCUT2D eigenvalue weighted by molar-refractivity contribution is 0.252. The Hall–Kier alpha value is -1.58. The van der Waals surface area contributed by atoms with Crippen LogP contribution >= 0.6 is 15.9 Å². The molecule has 0 radical (unpaired) electrons. The van der Waals surface area contributed by atoms with Gasteiger partial charge in [-0.2, -0.15) is 0 Å². The molecular formula is C15H11BrO2. The average Bonchev–Trinajstić information content (AvgIpc) is 2.77. The van der Waals surface area contributed by atoms with E-state index in [2.05, 4.69) is 15.9 Å². The Kier molecular flexibility index (Phi) is 2.94. The van der Waals surface area contributed by atoms with Gasteiger partial charge >= 0.3 is 0 Å². The second-order valence-corrected chi connectivity index (χ2v) is 4.98. The number of rotatable bonds is 2. The van der Waals surface area contributed by atoms with Gasteiger partial charge in [0.2, 0.25) is 0 Å². The first-order valence-electron chi connectivity index (χ1n) is 5.67. The first-order valence-corrected chi connectivity index (χ1v) is 6.46. The van der Waals surface area contributed by atoms with Gasteiger partial charge in [-0.05, 0) is 23.8 Å². The number of benzene rings is 2. The maximum absolute atomic E-state index is 9.44. The van der Waals surface area contributed by atoms with Gasteiger partial charge in [-0.25, -0.2) is 0 Å². The minimum absolute atomic E-state index is 0.101. The molecule has 0 amide bonds. The summed E-state index contributed by atoms with van der Waals surface area (Å²) in [5.74, 6) is 0.606. The Labute approximate surface area is 113 Å². The smallest absolute Gasteiger partial charge is 0.138 e. The minimum atomic E-state index is -0.101. The van der Waals surface area contributed by atoms with Crippen molar-refractivity contribution in [3.63, 3.8) is 0 Å². The van der Waals surface area contributed by atoms with Crippen LogP contribution in [0.2, 0.25) is 0 Å². The molecule has 0 bridgehead atoms. The summed E-state index contributed by atoms with van der Waals surface area (Å²) in [6, 6.07) is 15.8. The second kappa shape index (κ2) is 4.59. The molecule has 1 aromatic heterocycles. The molecule has 0 spiro atoms. The fraction of sp³-hybridized carbons (Fsp3) is 0.0667. The third-order valence-electron chi connectivity index (χ3n) is 2.93. The average molecular weight is 303 g/mol. The highest BCUT2D eigenvalue weighted by atomic mass is 79.9. The Bertz CT molecular complexity index is 686.